The summed E-state index contributed by atoms with van der Waals surface area (Å²) < 4.78 is 37.3. The molecule has 0 amide bonds. The third-order valence-electron chi connectivity index (χ3n) is 4.81. The molecule has 0 bridgehead atoms. The number of hydrogen-bond acceptors (Lipinski definition) is 4. The van der Waals surface area contributed by atoms with Crippen LogP contribution in [0.5, 0.6) is 0 Å². The van der Waals surface area contributed by atoms with E-state index in [1.807, 2.05) is 18.3 Å². The lowest BCUT2D eigenvalue weighted by atomic mass is 9.97. The van der Waals surface area contributed by atoms with Crippen molar-refractivity contribution in [1.82, 2.24) is 14.7 Å². The van der Waals surface area contributed by atoms with Crippen LogP contribution in [0.1, 0.15) is 30.4 Å². The highest BCUT2D eigenvalue weighted by atomic mass is 32.2. The Morgan fingerprint density at radius 3 is 2.68 bits per heavy atom. The van der Waals surface area contributed by atoms with E-state index >= 15 is 0 Å². The number of sulfone groups is 1. The Bertz CT molecular complexity index is 817. The molecule has 25 heavy (non-hydrogen) atoms. The molecule has 0 spiro atoms. The van der Waals surface area contributed by atoms with E-state index in [9.17, 15) is 12.8 Å². The summed E-state index contributed by atoms with van der Waals surface area (Å²) in [6, 6.07) is 7.23. The Morgan fingerprint density at radius 1 is 1.28 bits per heavy atom. The molecule has 7 heteroatoms. The molecular formula is C18H24FN3O2S. The molecule has 1 saturated heterocycles. The minimum Gasteiger partial charge on any atom is -0.296 e. The quantitative estimate of drug-likeness (QED) is 0.789. The van der Waals surface area contributed by atoms with Gasteiger partial charge in [-0.05, 0) is 37.0 Å². The van der Waals surface area contributed by atoms with Crippen molar-refractivity contribution in [3.8, 4) is 0 Å². The van der Waals surface area contributed by atoms with Crippen molar-refractivity contribution in [2.24, 2.45) is 0 Å². The second-order valence-electron chi connectivity index (χ2n) is 7.00. The zero-order chi connectivity index (χ0) is 18.0. The molecule has 0 aliphatic carbocycles. The maximum absolute atomic E-state index is 13.1. The van der Waals surface area contributed by atoms with E-state index in [0.717, 1.165) is 25.1 Å². The van der Waals surface area contributed by atoms with Crippen LogP contribution in [0, 0.1) is 5.82 Å². The van der Waals surface area contributed by atoms with E-state index in [1.165, 1.54) is 24.0 Å². The highest BCUT2D eigenvalue weighted by molar-refractivity contribution is 7.90. The highest BCUT2D eigenvalue weighted by Crippen LogP contribution is 2.32. The first-order chi connectivity index (χ1) is 11.8. The fraction of sp³-hybridized carbons (Fsp3) is 0.500. The zero-order valence-corrected chi connectivity index (χ0v) is 15.4. The van der Waals surface area contributed by atoms with Crippen molar-refractivity contribution < 1.29 is 12.8 Å². The average molecular weight is 365 g/mol. The average Bonchev–Trinajstić information content (AvgIpc) is 3.13. The Hall–Kier alpha value is -1.73. The smallest absolute Gasteiger partial charge is 0.149 e. The van der Waals surface area contributed by atoms with Crippen molar-refractivity contribution in [2.75, 3.05) is 18.6 Å². The predicted molar refractivity (Wildman–Crippen MR) is 95.6 cm³/mol. The summed E-state index contributed by atoms with van der Waals surface area (Å²) in [5, 5.41) is 4.26. The molecule has 3 rings (SSSR count). The van der Waals surface area contributed by atoms with E-state index < -0.39 is 9.84 Å². The van der Waals surface area contributed by atoms with Crippen LogP contribution in [0.4, 0.5) is 4.39 Å². The molecule has 2 aromatic rings. The van der Waals surface area contributed by atoms with Gasteiger partial charge in [-0.2, -0.15) is 5.10 Å². The minimum absolute atomic E-state index is 0.0981. The lowest BCUT2D eigenvalue weighted by Gasteiger charge is -2.20. The molecular weight excluding hydrogens is 341 g/mol. The maximum atomic E-state index is 13.1. The summed E-state index contributed by atoms with van der Waals surface area (Å²) in [5.74, 6) is 0.310. The summed E-state index contributed by atoms with van der Waals surface area (Å²) in [7, 11) is -2.98. The number of likely N-dealkylation sites (tertiary alicyclic amines) is 1. The van der Waals surface area contributed by atoms with Gasteiger partial charge in [0.2, 0.25) is 0 Å². The largest absolute Gasteiger partial charge is 0.296 e. The van der Waals surface area contributed by atoms with Crippen molar-refractivity contribution in [3.05, 3.63) is 53.6 Å². The van der Waals surface area contributed by atoms with Gasteiger partial charge < -0.3 is 0 Å². The molecule has 136 valence electrons. The fourth-order valence-corrected chi connectivity index (χ4v) is 3.92. The number of aromatic nitrogens is 2. The zero-order valence-electron chi connectivity index (χ0n) is 14.6. The SMILES string of the molecule is CC1CC(c2ccc(F)cc2)CN1Cc1cnn(CCS(C)(=O)=O)c1. The van der Waals surface area contributed by atoms with Gasteiger partial charge in [0.05, 0.1) is 18.5 Å². The number of rotatable bonds is 6. The Balaban J connectivity index is 1.60. The molecule has 1 aromatic heterocycles. The number of benzene rings is 1. The summed E-state index contributed by atoms with van der Waals surface area (Å²) in [6.45, 7) is 4.31. The molecule has 2 heterocycles. The normalized spacial score (nSPS) is 21.7. The molecule has 1 aromatic carbocycles. The number of halogens is 1. The molecule has 0 saturated carbocycles. The van der Waals surface area contributed by atoms with Gasteiger partial charge in [0.1, 0.15) is 15.7 Å². The fourth-order valence-electron chi connectivity index (χ4n) is 3.40. The molecule has 0 N–H and O–H groups in total. The predicted octanol–water partition coefficient (Wildman–Crippen LogP) is 2.44. The molecule has 1 aliphatic rings. The van der Waals surface area contributed by atoms with Gasteiger partial charge in [0.15, 0.2) is 0 Å². The molecule has 5 nitrogen and oxygen atoms in total. The number of hydrogen-bond donors (Lipinski definition) is 0. The molecule has 1 aliphatic heterocycles. The second kappa shape index (κ2) is 7.25. The van der Waals surface area contributed by atoms with Gasteiger partial charge in [0, 0.05) is 37.1 Å². The van der Waals surface area contributed by atoms with Crippen molar-refractivity contribution >= 4 is 9.84 Å². The minimum atomic E-state index is -2.98. The number of aryl methyl sites for hydroxylation is 1. The van der Waals surface area contributed by atoms with E-state index in [2.05, 4.69) is 16.9 Å². The van der Waals surface area contributed by atoms with Gasteiger partial charge in [-0.1, -0.05) is 12.1 Å². The Morgan fingerprint density at radius 2 is 2.00 bits per heavy atom. The third-order valence-corrected chi connectivity index (χ3v) is 5.73. The first-order valence-corrected chi connectivity index (χ1v) is 10.5. The first kappa shape index (κ1) is 18.1. The van der Waals surface area contributed by atoms with Gasteiger partial charge in [-0.15, -0.1) is 0 Å². The highest BCUT2D eigenvalue weighted by Gasteiger charge is 2.30. The summed E-state index contributed by atoms with van der Waals surface area (Å²) >= 11 is 0. The third kappa shape index (κ3) is 4.89. The summed E-state index contributed by atoms with van der Waals surface area (Å²) in [4.78, 5) is 2.39. The van der Waals surface area contributed by atoms with Crippen LogP contribution >= 0.6 is 0 Å². The standard InChI is InChI=1S/C18H24FN3O2S/c1-14-9-17(16-3-5-18(19)6-4-16)13-21(14)11-15-10-20-22(12-15)7-8-25(2,23)24/h3-6,10,12,14,17H,7-9,11,13H2,1-2H3. The van der Waals surface area contributed by atoms with Crippen molar-refractivity contribution in [1.29, 1.82) is 0 Å². The molecule has 1 fully saturated rings. The lowest BCUT2D eigenvalue weighted by molar-refractivity contribution is 0.259. The van der Waals surface area contributed by atoms with Crippen LogP contribution in [0.3, 0.4) is 0 Å². The monoisotopic (exact) mass is 365 g/mol. The molecule has 2 unspecified atom stereocenters. The van der Waals surface area contributed by atoms with E-state index in [0.29, 0.717) is 18.5 Å². The first-order valence-electron chi connectivity index (χ1n) is 8.49. The van der Waals surface area contributed by atoms with Crippen LogP contribution in [-0.4, -0.2) is 47.7 Å². The Labute approximate surface area is 148 Å². The molecule has 2 atom stereocenters. The number of nitrogens with zero attached hydrogens (tertiary/aromatic N) is 3. The van der Waals surface area contributed by atoms with E-state index in [1.54, 1.807) is 10.9 Å². The van der Waals surface area contributed by atoms with Gasteiger partial charge >= 0.3 is 0 Å². The van der Waals surface area contributed by atoms with Gasteiger partial charge in [0.25, 0.3) is 0 Å². The van der Waals surface area contributed by atoms with Crippen molar-refractivity contribution in [3.63, 3.8) is 0 Å². The van der Waals surface area contributed by atoms with Crippen molar-refractivity contribution in [2.45, 2.75) is 38.4 Å². The van der Waals surface area contributed by atoms with Crippen LogP contribution in [0.15, 0.2) is 36.7 Å². The second-order valence-corrected chi connectivity index (χ2v) is 9.26. The summed E-state index contributed by atoms with van der Waals surface area (Å²) in [6.07, 6.45) is 6.01. The van der Waals surface area contributed by atoms with Crippen LogP contribution in [-0.2, 0) is 22.9 Å². The maximum Gasteiger partial charge on any atom is 0.149 e. The summed E-state index contributed by atoms with van der Waals surface area (Å²) in [5.41, 5.74) is 2.26. The lowest BCUT2D eigenvalue weighted by Crippen LogP contribution is -2.26. The van der Waals surface area contributed by atoms with Crippen LogP contribution < -0.4 is 0 Å². The van der Waals surface area contributed by atoms with E-state index in [-0.39, 0.29) is 11.6 Å². The van der Waals surface area contributed by atoms with Crippen LogP contribution in [0.25, 0.3) is 0 Å². The topological polar surface area (TPSA) is 55.2 Å². The van der Waals surface area contributed by atoms with Crippen LogP contribution in [0.2, 0.25) is 0 Å². The van der Waals surface area contributed by atoms with E-state index in [4.69, 9.17) is 0 Å². The van der Waals surface area contributed by atoms with Gasteiger partial charge in [-0.3, -0.25) is 9.58 Å². The molecule has 0 radical (unpaired) electrons. The van der Waals surface area contributed by atoms with Gasteiger partial charge in [-0.25, -0.2) is 12.8 Å². The Kier molecular flexibility index (Phi) is 5.24.